The summed E-state index contributed by atoms with van der Waals surface area (Å²) in [4.78, 5) is 6.83. The Hall–Kier alpha value is -1.90. The Morgan fingerprint density at radius 1 is 1.07 bits per heavy atom. The lowest BCUT2D eigenvalue weighted by Gasteiger charge is -2.28. The van der Waals surface area contributed by atoms with Crippen LogP contribution >= 0.6 is 23.4 Å². The Morgan fingerprint density at radius 2 is 1.83 bits per heavy atom. The number of fused-ring (bicyclic) bond motifs is 2. The van der Waals surface area contributed by atoms with Gasteiger partial charge in [-0.15, -0.1) is 0 Å². The SMILES string of the molecule is O=S1(=O)C[C@@H]2N=C(SCc3ccc(Cl)cc3)N(c3ccc4c(c3)OCCO4)[C@H]2C1. The third-order valence-corrected chi connectivity index (χ3v) is 8.18. The minimum absolute atomic E-state index is 0.101. The number of halogens is 1. The van der Waals surface area contributed by atoms with Crippen molar-refractivity contribution in [1.82, 2.24) is 0 Å². The number of benzene rings is 2. The van der Waals surface area contributed by atoms with Gasteiger partial charge in [-0.05, 0) is 29.8 Å². The highest BCUT2D eigenvalue weighted by molar-refractivity contribution is 8.13. The van der Waals surface area contributed by atoms with Crippen LogP contribution in [-0.2, 0) is 15.6 Å². The third kappa shape index (κ3) is 3.81. The lowest BCUT2D eigenvalue weighted by Crippen LogP contribution is -2.39. The number of hydrogen-bond acceptors (Lipinski definition) is 7. The zero-order chi connectivity index (χ0) is 20.0. The number of ether oxygens (including phenoxy) is 2. The zero-order valence-corrected chi connectivity index (χ0v) is 17.8. The molecule has 0 amide bonds. The summed E-state index contributed by atoms with van der Waals surface area (Å²) in [6, 6.07) is 13.0. The maximum Gasteiger partial charge on any atom is 0.164 e. The van der Waals surface area contributed by atoms with Crippen LogP contribution in [0.4, 0.5) is 5.69 Å². The Bertz CT molecular complexity index is 1070. The van der Waals surface area contributed by atoms with E-state index in [9.17, 15) is 8.42 Å². The second-order valence-electron chi connectivity index (χ2n) is 7.24. The van der Waals surface area contributed by atoms with E-state index < -0.39 is 9.84 Å². The summed E-state index contributed by atoms with van der Waals surface area (Å²) in [6.45, 7) is 1.03. The van der Waals surface area contributed by atoms with Crippen LogP contribution in [0.1, 0.15) is 5.56 Å². The average molecular weight is 451 g/mol. The van der Waals surface area contributed by atoms with E-state index in [1.165, 1.54) is 0 Å². The molecule has 29 heavy (non-hydrogen) atoms. The number of hydrogen-bond donors (Lipinski definition) is 0. The predicted octanol–water partition coefficient (Wildman–Crippen LogP) is 3.39. The van der Waals surface area contributed by atoms with Gasteiger partial charge in [0.2, 0.25) is 0 Å². The largest absolute Gasteiger partial charge is 0.486 e. The van der Waals surface area contributed by atoms with Gasteiger partial charge in [0, 0.05) is 22.5 Å². The second kappa shape index (κ2) is 7.41. The van der Waals surface area contributed by atoms with Gasteiger partial charge in [-0.1, -0.05) is 35.5 Å². The van der Waals surface area contributed by atoms with Gasteiger partial charge in [0.25, 0.3) is 0 Å². The summed E-state index contributed by atoms with van der Waals surface area (Å²) < 4.78 is 35.8. The number of rotatable bonds is 3. The molecule has 0 spiro atoms. The predicted molar refractivity (Wildman–Crippen MR) is 116 cm³/mol. The van der Waals surface area contributed by atoms with Crippen molar-refractivity contribution in [2.45, 2.75) is 17.8 Å². The van der Waals surface area contributed by atoms with Crippen LogP contribution in [0.2, 0.25) is 5.02 Å². The summed E-state index contributed by atoms with van der Waals surface area (Å²) in [5, 5.41) is 1.54. The Balaban J connectivity index is 1.44. The monoisotopic (exact) mass is 450 g/mol. The molecule has 5 rings (SSSR count). The molecule has 2 aromatic carbocycles. The maximum atomic E-state index is 12.2. The molecule has 1 fully saturated rings. The summed E-state index contributed by atoms with van der Waals surface area (Å²) in [5.74, 6) is 2.33. The molecule has 0 aromatic heterocycles. The molecule has 6 nitrogen and oxygen atoms in total. The van der Waals surface area contributed by atoms with Gasteiger partial charge in [-0.3, -0.25) is 4.99 Å². The average Bonchev–Trinajstić information content (AvgIpc) is 3.18. The van der Waals surface area contributed by atoms with Gasteiger partial charge >= 0.3 is 0 Å². The molecule has 0 bridgehead atoms. The number of aliphatic imine (C=N–C) groups is 1. The topological polar surface area (TPSA) is 68.2 Å². The lowest BCUT2D eigenvalue weighted by molar-refractivity contribution is 0.171. The van der Waals surface area contributed by atoms with E-state index in [1.54, 1.807) is 11.8 Å². The number of nitrogens with zero attached hydrogens (tertiary/aromatic N) is 2. The molecule has 0 radical (unpaired) electrons. The van der Waals surface area contributed by atoms with Gasteiger partial charge < -0.3 is 14.4 Å². The highest BCUT2D eigenvalue weighted by atomic mass is 35.5. The van der Waals surface area contributed by atoms with Crippen LogP contribution in [0.3, 0.4) is 0 Å². The van der Waals surface area contributed by atoms with Crippen molar-refractivity contribution in [2.75, 3.05) is 29.6 Å². The van der Waals surface area contributed by atoms with Crippen molar-refractivity contribution in [3.8, 4) is 11.5 Å². The first-order valence-electron chi connectivity index (χ1n) is 9.33. The molecule has 0 aliphatic carbocycles. The van der Waals surface area contributed by atoms with E-state index in [2.05, 4.69) is 0 Å². The molecule has 2 atom stereocenters. The fraction of sp³-hybridized carbons (Fsp3) is 0.350. The van der Waals surface area contributed by atoms with Crippen molar-refractivity contribution < 1.29 is 17.9 Å². The molecular weight excluding hydrogens is 432 g/mol. The minimum Gasteiger partial charge on any atom is -0.486 e. The van der Waals surface area contributed by atoms with E-state index in [0.29, 0.717) is 29.7 Å². The van der Waals surface area contributed by atoms with Gasteiger partial charge in [0.1, 0.15) is 13.2 Å². The highest BCUT2D eigenvalue weighted by Gasteiger charge is 2.47. The van der Waals surface area contributed by atoms with Crippen LogP contribution in [0.5, 0.6) is 11.5 Å². The third-order valence-electron chi connectivity index (χ3n) is 5.19. The Kier molecular flexibility index (Phi) is 4.88. The fourth-order valence-electron chi connectivity index (χ4n) is 3.85. The molecule has 152 valence electrons. The Morgan fingerprint density at radius 3 is 2.62 bits per heavy atom. The molecule has 9 heteroatoms. The molecule has 3 aliphatic rings. The van der Waals surface area contributed by atoms with Crippen molar-refractivity contribution in [3.63, 3.8) is 0 Å². The number of thioether (sulfide) groups is 1. The number of anilines is 1. The van der Waals surface area contributed by atoms with E-state index in [4.69, 9.17) is 26.1 Å². The number of sulfone groups is 1. The van der Waals surface area contributed by atoms with Crippen LogP contribution < -0.4 is 14.4 Å². The smallest absolute Gasteiger partial charge is 0.164 e. The van der Waals surface area contributed by atoms with Crippen LogP contribution in [0.25, 0.3) is 0 Å². The molecular formula is C20H19ClN2O4S2. The minimum atomic E-state index is -3.09. The van der Waals surface area contributed by atoms with Crippen LogP contribution in [0, 0.1) is 0 Å². The number of amidine groups is 1. The van der Waals surface area contributed by atoms with E-state index >= 15 is 0 Å². The highest BCUT2D eigenvalue weighted by Crippen LogP contribution is 2.40. The molecule has 0 unspecified atom stereocenters. The van der Waals surface area contributed by atoms with Gasteiger partial charge in [0.15, 0.2) is 26.5 Å². The Labute approximate surface area is 178 Å². The molecule has 3 heterocycles. The standard InChI is InChI=1S/C20H19ClN2O4S2/c21-14-3-1-13(2-4-14)10-28-20-22-16-11-29(24,25)12-17(16)23(20)15-5-6-18-19(9-15)27-8-7-26-18/h1-6,9,16-17H,7-8,10-12H2/t16-,17-/m0/s1. The molecule has 2 aromatic rings. The zero-order valence-electron chi connectivity index (χ0n) is 15.5. The molecule has 1 saturated heterocycles. The van der Waals surface area contributed by atoms with Gasteiger partial charge in [-0.2, -0.15) is 0 Å². The first-order valence-corrected chi connectivity index (χ1v) is 12.5. The maximum absolute atomic E-state index is 12.2. The van der Waals surface area contributed by atoms with E-state index in [1.807, 2.05) is 47.4 Å². The summed E-state index contributed by atoms with van der Waals surface area (Å²) in [5.41, 5.74) is 2.01. The van der Waals surface area contributed by atoms with Gasteiger partial charge in [-0.25, -0.2) is 8.42 Å². The summed E-state index contributed by atoms with van der Waals surface area (Å²) in [6.07, 6.45) is 0. The summed E-state index contributed by atoms with van der Waals surface area (Å²) >= 11 is 7.58. The molecule has 3 aliphatic heterocycles. The second-order valence-corrected chi connectivity index (χ2v) is 10.8. The first-order chi connectivity index (χ1) is 14.0. The van der Waals surface area contributed by atoms with Crippen LogP contribution in [0.15, 0.2) is 47.5 Å². The normalized spacial score (nSPS) is 24.3. The van der Waals surface area contributed by atoms with Crippen molar-refractivity contribution in [1.29, 1.82) is 0 Å². The van der Waals surface area contributed by atoms with E-state index in [0.717, 1.165) is 22.2 Å². The van der Waals surface area contributed by atoms with Crippen molar-refractivity contribution >= 4 is 44.1 Å². The quantitative estimate of drug-likeness (QED) is 0.714. The molecule has 0 saturated carbocycles. The lowest BCUT2D eigenvalue weighted by atomic mass is 10.1. The van der Waals surface area contributed by atoms with E-state index in [-0.39, 0.29) is 23.6 Å². The first kappa shape index (κ1) is 19.1. The molecule has 0 N–H and O–H groups in total. The summed E-state index contributed by atoms with van der Waals surface area (Å²) in [7, 11) is -3.09. The van der Waals surface area contributed by atoms with Crippen molar-refractivity contribution in [3.05, 3.63) is 53.1 Å². The van der Waals surface area contributed by atoms with Gasteiger partial charge in [0.05, 0.1) is 23.6 Å². The van der Waals surface area contributed by atoms with Crippen LogP contribution in [-0.4, -0.2) is 50.4 Å². The fourth-order valence-corrected chi connectivity index (χ4v) is 6.89. The van der Waals surface area contributed by atoms with Crippen molar-refractivity contribution in [2.24, 2.45) is 4.99 Å².